The average Bonchev–Trinajstić information content (AvgIpc) is 3.41. The molecule has 0 fully saturated rings. The molecule has 0 bridgehead atoms. The SMILES string of the molecule is COc1cc2c(cc1-c1c(C)noc1C)[nH]c1nc(C)nc(Nc3sc(C(C)(C)C)nc3C)c12. The highest BCUT2D eigenvalue weighted by molar-refractivity contribution is 7.16. The summed E-state index contributed by atoms with van der Waals surface area (Å²) >= 11 is 1.66. The van der Waals surface area contributed by atoms with E-state index in [1.165, 1.54) is 0 Å². The van der Waals surface area contributed by atoms with Crippen LogP contribution >= 0.6 is 11.3 Å². The van der Waals surface area contributed by atoms with Crippen LogP contribution in [0, 0.1) is 27.7 Å². The number of anilines is 2. The molecule has 0 amide bonds. The summed E-state index contributed by atoms with van der Waals surface area (Å²) in [6, 6.07) is 4.09. The van der Waals surface area contributed by atoms with Gasteiger partial charge in [-0.25, -0.2) is 15.0 Å². The van der Waals surface area contributed by atoms with Gasteiger partial charge in [0, 0.05) is 21.9 Å². The number of ether oxygens (including phenoxy) is 1. The topological polar surface area (TPSA) is 102 Å². The highest BCUT2D eigenvalue weighted by Gasteiger charge is 2.23. The van der Waals surface area contributed by atoms with Crippen molar-refractivity contribution in [3.05, 3.63) is 40.1 Å². The summed E-state index contributed by atoms with van der Waals surface area (Å²) in [6.45, 7) is 14.3. The minimum absolute atomic E-state index is 0.0188. The molecule has 4 aromatic heterocycles. The van der Waals surface area contributed by atoms with Crippen molar-refractivity contribution in [1.82, 2.24) is 25.1 Å². The molecule has 0 atom stereocenters. The Labute approximate surface area is 201 Å². The summed E-state index contributed by atoms with van der Waals surface area (Å²) in [5.41, 5.74) is 5.32. The van der Waals surface area contributed by atoms with E-state index in [-0.39, 0.29) is 5.41 Å². The average molecular weight is 477 g/mol. The number of hydrogen-bond acceptors (Lipinski definition) is 8. The van der Waals surface area contributed by atoms with Crippen molar-refractivity contribution < 1.29 is 9.26 Å². The molecule has 34 heavy (non-hydrogen) atoms. The van der Waals surface area contributed by atoms with Gasteiger partial charge in [-0.05, 0) is 39.8 Å². The van der Waals surface area contributed by atoms with E-state index in [4.69, 9.17) is 19.2 Å². The van der Waals surface area contributed by atoms with Gasteiger partial charge in [0.05, 0.1) is 29.4 Å². The minimum atomic E-state index is -0.0188. The fraction of sp³-hybridized carbons (Fsp3) is 0.360. The maximum Gasteiger partial charge on any atom is 0.144 e. The van der Waals surface area contributed by atoms with Crippen LogP contribution in [0.4, 0.5) is 10.8 Å². The molecule has 176 valence electrons. The molecular weight excluding hydrogens is 448 g/mol. The van der Waals surface area contributed by atoms with E-state index in [1.807, 2.05) is 33.8 Å². The van der Waals surface area contributed by atoms with Crippen LogP contribution in [0.15, 0.2) is 16.7 Å². The van der Waals surface area contributed by atoms with Crippen molar-refractivity contribution in [3.8, 4) is 16.9 Å². The molecule has 5 aromatic rings. The van der Waals surface area contributed by atoms with Gasteiger partial charge in [-0.2, -0.15) is 0 Å². The number of aryl methyl sites for hydroxylation is 4. The quantitative estimate of drug-likeness (QED) is 0.305. The Morgan fingerprint density at radius 2 is 1.79 bits per heavy atom. The third kappa shape index (κ3) is 3.60. The first-order valence-electron chi connectivity index (χ1n) is 11.1. The number of thiazole rings is 1. The van der Waals surface area contributed by atoms with Gasteiger partial charge < -0.3 is 19.6 Å². The van der Waals surface area contributed by atoms with Gasteiger partial charge in [0.15, 0.2) is 0 Å². The second-order valence-electron chi connectivity index (χ2n) is 9.57. The van der Waals surface area contributed by atoms with Crippen LogP contribution in [-0.2, 0) is 5.41 Å². The summed E-state index contributed by atoms with van der Waals surface area (Å²) < 4.78 is 11.2. The van der Waals surface area contributed by atoms with Crippen LogP contribution in [0.2, 0.25) is 0 Å². The highest BCUT2D eigenvalue weighted by Crippen LogP contribution is 2.42. The van der Waals surface area contributed by atoms with E-state index in [9.17, 15) is 0 Å². The molecule has 9 heteroatoms. The second kappa shape index (κ2) is 7.80. The van der Waals surface area contributed by atoms with Crippen LogP contribution in [0.1, 0.15) is 48.8 Å². The van der Waals surface area contributed by atoms with Gasteiger partial charge >= 0.3 is 0 Å². The van der Waals surface area contributed by atoms with E-state index < -0.39 is 0 Å². The Kier molecular flexibility index (Phi) is 5.12. The molecule has 4 heterocycles. The molecule has 0 saturated carbocycles. The molecule has 0 aliphatic heterocycles. The standard InChI is InChI=1S/C25H28N6O2S/c1-11-19(13(3)33-31-11)16-9-17-15(10-18(16)32-8)20-21(29-17)27-14(4)28-22(20)30-23-12(2)26-24(34-23)25(5,6)7/h9-10H,1-8H3,(H2,27,28,29,30). The Hall–Kier alpha value is -3.46. The van der Waals surface area contributed by atoms with Crippen molar-refractivity contribution in [3.63, 3.8) is 0 Å². The lowest BCUT2D eigenvalue weighted by atomic mass is 9.98. The van der Waals surface area contributed by atoms with Crippen molar-refractivity contribution in [2.45, 2.75) is 53.9 Å². The maximum atomic E-state index is 5.79. The van der Waals surface area contributed by atoms with Gasteiger partial charge in [-0.3, -0.25) is 0 Å². The molecular formula is C25H28N6O2S. The summed E-state index contributed by atoms with van der Waals surface area (Å²) in [4.78, 5) is 17.7. The number of H-pyrrole nitrogens is 1. The van der Waals surface area contributed by atoms with Crippen molar-refractivity contribution in [2.75, 3.05) is 12.4 Å². The Morgan fingerprint density at radius 1 is 1.03 bits per heavy atom. The number of nitrogens with zero attached hydrogens (tertiary/aromatic N) is 4. The minimum Gasteiger partial charge on any atom is -0.496 e. The summed E-state index contributed by atoms with van der Waals surface area (Å²) in [6.07, 6.45) is 0. The Balaban J connectivity index is 1.72. The van der Waals surface area contributed by atoms with Crippen molar-refractivity contribution in [2.24, 2.45) is 0 Å². The van der Waals surface area contributed by atoms with Gasteiger partial charge in [0.25, 0.3) is 0 Å². The second-order valence-corrected chi connectivity index (χ2v) is 10.6. The summed E-state index contributed by atoms with van der Waals surface area (Å²) in [7, 11) is 1.67. The zero-order valence-electron chi connectivity index (χ0n) is 20.7. The zero-order valence-corrected chi connectivity index (χ0v) is 21.5. The number of hydrogen-bond donors (Lipinski definition) is 2. The van der Waals surface area contributed by atoms with Gasteiger partial charge in [0.2, 0.25) is 0 Å². The molecule has 0 radical (unpaired) electrons. The first kappa shape index (κ1) is 22.3. The van der Waals surface area contributed by atoms with Crippen LogP contribution in [0.25, 0.3) is 33.1 Å². The normalized spacial score (nSPS) is 12.1. The lowest BCUT2D eigenvalue weighted by molar-refractivity contribution is 0.393. The third-order valence-corrected chi connectivity index (χ3v) is 7.35. The van der Waals surface area contributed by atoms with Crippen molar-refractivity contribution >= 4 is 44.1 Å². The number of aromatic amines is 1. The fourth-order valence-corrected chi connectivity index (χ4v) is 5.22. The van der Waals surface area contributed by atoms with E-state index in [2.05, 4.69) is 47.3 Å². The summed E-state index contributed by atoms with van der Waals surface area (Å²) in [5.74, 6) is 2.91. The van der Waals surface area contributed by atoms with Gasteiger partial charge in [-0.15, -0.1) is 11.3 Å². The van der Waals surface area contributed by atoms with Crippen LogP contribution in [0.5, 0.6) is 5.75 Å². The number of fused-ring (bicyclic) bond motifs is 3. The first-order valence-corrected chi connectivity index (χ1v) is 11.9. The molecule has 0 unspecified atom stereocenters. The molecule has 0 spiro atoms. The van der Waals surface area contributed by atoms with Gasteiger partial charge in [-0.1, -0.05) is 25.9 Å². The fourth-order valence-electron chi connectivity index (χ4n) is 4.20. The zero-order chi connectivity index (χ0) is 24.4. The lowest BCUT2D eigenvalue weighted by Gasteiger charge is -2.13. The molecule has 0 aliphatic carbocycles. The lowest BCUT2D eigenvalue weighted by Crippen LogP contribution is -2.10. The Bertz CT molecular complexity index is 1530. The largest absolute Gasteiger partial charge is 0.496 e. The predicted octanol–water partition coefficient (Wildman–Crippen LogP) is 6.51. The van der Waals surface area contributed by atoms with E-state index in [0.29, 0.717) is 5.82 Å². The highest BCUT2D eigenvalue weighted by atomic mass is 32.1. The molecule has 0 aliphatic rings. The first-order chi connectivity index (χ1) is 16.1. The van der Waals surface area contributed by atoms with Crippen LogP contribution in [-0.4, -0.2) is 32.2 Å². The van der Waals surface area contributed by atoms with E-state index in [0.717, 1.165) is 71.8 Å². The third-order valence-electron chi connectivity index (χ3n) is 5.86. The number of benzene rings is 1. The number of aromatic nitrogens is 5. The summed E-state index contributed by atoms with van der Waals surface area (Å²) in [5, 5.41) is 11.6. The molecule has 1 aromatic carbocycles. The smallest absolute Gasteiger partial charge is 0.144 e. The van der Waals surface area contributed by atoms with Crippen LogP contribution in [0.3, 0.4) is 0 Å². The Morgan fingerprint density at radius 3 is 2.41 bits per heavy atom. The molecule has 2 N–H and O–H groups in total. The maximum absolute atomic E-state index is 5.79. The van der Waals surface area contributed by atoms with Crippen molar-refractivity contribution in [1.29, 1.82) is 0 Å². The molecule has 0 saturated heterocycles. The van der Waals surface area contributed by atoms with E-state index in [1.54, 1.807) is 18.4 Å². The number of methoxy groups -OCH3 is 1. The monoisotopic (exact) mass is 476 g/mol. The van der Waals surface area contributed by atoms with Gasteiger partial charge in [0.1, 0.15) is 38.8 Å². The molecule has 8 nitrogen and oxygen atoms in total. The van der Waals surface area contributed by atoms with E-state index >= 15 is 0 Å². The number of nitrogens with one attached hydrogen (secondary N) is 2. The molecule has 5 rings (SSSR count). The predicted molar refractivity (Wildman–Crippen MR) is 136 cm³/mol. The van der Waals surface area contributed by atoms with Crippen LogP contribution < -0.4 is 10.1 Å². The number of rotatable bonds is 4.